The van der Waals surface area contributed by atoms with E-state index in [4.69, 9.17) is 4.99 Å². The van der Waals surface area contributed by atoms with Gasteiger partial charge in [-0.1, -0.05) is 69.4 Å². The van der Waals surface area contributed by atoms with Gasteiger partial charge in [-0.15, -0.1) is 0 Å². The molecule has 0 heterocycles. The first kappa shape index (κ1) is 26.8. The highest BCUT2D eigenvalue weighted by molar-refractivity contribution is 5.98. The molecular weight excluding hydrogens is 397 g/mol. The molecule has 0 spiro atoms. The SMILES string of the molecule is C=CC(=C\C=C(\C)CCc1c(F)cccc1C#N)/C(=C/C)NCN=C(/C=C\C)C(C)(C)C. The molecule has 4 heteroatoms. The van der Waals surface area contributed by atoms with Crippen molar-refractivity contribution in [2.45, 2.75) is 54.4 Å². The van der Waals surface area contributed by atoms with Crippen molar-refractivity contribution in [3.8, 4) is 6.07 Å². The molecule has 0 saturated heterocycles. The van der Waals surface area contributed by atoms with Gasteiger partial charge in [-0.3, -0.25) is 4.99 Å². The molecule has 1 rings (SSSR count). The number of hydrogen-bond acceptors (Lipinski definition) is 3. The van der Waals surface area contributed by atoms with Crippen LogP contribution in [0, 0.1) is 22.6 Å². The van der Waals surface area contributed by atoms with Gasteiger partial charge >= 0.3 is 0 Å². The molecule has 32 heavy (non-hydrogen) atoms. The maximum Gasteiger partial charge on any atom is 0.127 e. The molecule has 0 atom stereocenters. The lowest BCUT2D eigenvalue weighted by Gasteiger charge is -2.19. The zero-order valence-electron chi connectivity index (χ0n) is 20.3. The minimum atomic E-state index is -0.326. The highest BCUT2D eigenvalue weighted by Crippen LogP contribution is 2.19. The highest BCUT2D eigenvalue weighted by atomic mass is 19.1. The first-order valence-corrected chi connectivity index (χ1v) is 10.9. The van der Waals surface area contributed by atoms with Crippen molar-refractivity contribution in [3.05, 3.63) is 95.0 Å². The number of nitrogens with one attached hydrogen (secondary N) is 1. The molecule has 0 fully saturated rings. The average molecular weight is 434 g/mol. The molecule has 0 amide bonds. The monoisotopic (exact) mass is 433 g/mol. The van der Waals surface area contributed by atoms with Crippen LogP contribution in [0.3, 0.4) is 0 Å². The van der Waals surface area contributed by atoms with Crippen LogP contribution in [0.2, 0.25) is 0 Å². The van der Waals surface area contributed by atoms with Crippen LogP contribution < -0.4 is 5.32 Å². The molecule has 170 valence electrons. The van der Waals surface area contributed by atoms with Crippen molar-refractivity contribution in [2.24, 2.45) is 10.4 Å². The minimum Gasteiger partial charge on any atom is -0.366 e. The Morgan fingerprint density at radius 1 is 1.25 bits per heavy atom. The Morgan fingerprint density at radius 2 is 1.97 bits per heavy atom. The predicted octanol–water partition coefficient (Wildman–Crippen LogP) is 7.20. The van der Waals surface area contributed by atoms with Crippen LogP contribution in [0.25, 0.3) is 0 Å². The zero-order chi connectivity index (χ0) is 24.1. The molecule has 1 aromatic carbocycles. The van der Waals surface area contributed by atoms with E-state index in [1.54, 1.807) is 18.2 Å². The molecule has 0 radical (unpaired) electrons. The third-order valence-electron chi connectivity index (χ3n) is 4.99. The number of benzene rings is 1. The number of nitrogens with zero attached hydrogens (tertiary/aromatic N) is 2. The van der Waals surface area contributed by atoms with Crippen molar-refractivity contribution in [3.63, 3.8) is 0 Å². The second-order valence-electron chi connectivity index (χ2n) is 8.55. The number of hydrogen-bond donors (Lipinski definition) is 1. The van der Waals surface area contributed by atoms with Gasteiger partial charge in [-0.05, 0) is 57.4 Å². The van der Waals surface area contributed by atoms with Gasteiger partial charge in [0.05, 0.1) is 11.6 Å². The van der Waals surface area contributed by atoms with E-state index < -0.39 is 0 Å². The summed E-state index contributed by atoms with van der Waals surface area (Å²) in [6, 6.07) is 6.69. The second-order valence-corrected chi connectivity index (χ2v) is 8.55. The van der Waals surface area contributed by atoms with Gasteiger partial charge in [-0.2, -0.15) is 5.26 Å². The van der Waals surface area contributed by atoms with Crippen molar-refractivity contribution < 1.29 is 4.39 Å². The minimum absolute atomic E-state index is 0.0229. The topological polar surface area (TPSA) is 48.2 Å². The lowest BCUT2D eigenvalue weighted by atomic mass is 9.89. The lowest BCUT2D eigenvalue weighted by Crippen LogP contribution is -2.22. The van der Waals surface area contributed by atoms with E-state index in [1.165, 1.54) is 6.07 Å². The maximum absolute atomic E-state index is 14.1. The zero-order valence-corrected chi connectivity index (χ0v) is 20.3. The molecule has 0 aromatic heterocycles. The van der Waals surface area contributed by atoms with Gasteiger partial charge in [0, 0.05) is 22.4 Å². The summed E-state index contributed by atoms with van der Waals surface area (Å²) in [5.41, 5.74) is 4.87. The normalized spacial score (nSPS) is 13.9. The molecule has 1 N–H and O–H groups in total. The van der Waals surface area contributed by atoms with Gasteiger partial charge in [0.1, 0.15) is 12.5 Å². The molecule has 0 aliphatic carbocycles. The Hall–Kier alpha value is -3.19. The fraction of sp³-hybridized carbons (Fsp3) is 0.357. The Kier molecular flexibility index (Phi) is 11.1. The molecule has 0 unspecified atom stereocenters. The predicted molar refractivity (Wildman–Crippen MR) is 135 cm³/mol. The Morgan fingerprint density at radius 3 is 2.53 bits per heavy atom. The van der Waals surface area contributed by atoms with Gasteiger partial charge in [0.15, 0.2) is 0 Å². The van der Waals surface area contributed by atoms with Crippen LogP contribution in [-0.4, -0.2) is 12.4 Å². The first-order valence-electron chi connectivity index (χ1n) is 10.9. The van der Waals surface area contributed by atoms with Gasteiger partial charge in [0.2, 0.25) is 0 Å². The van der Waals surface area contributed by atoms with E-state index in [0.717, 1.165) is 22.6 Å². The van der Waals surface area contributed by atoms with Crippen molar-refractivity contribution in [1.82, 2.24) is 5.32 Å². The fourth-order valence-corrected chi connectivity index (χ4v) is 3.10. The van der Waals surface area contributed by atoms with Crippen molar-refractivity contribution in [2.75, 3.05) is 6.67 Å². The molecule has 3 nitrogen and oxygen atoms in total. The van der Waals surface area contributed by atoms with Gasteiger partial charge < -0.3 is 5.32 Å². The molecular formula is C28H36FN3. The van der Waals surface area contributed by atoms with Crippen molar-refractivity contribution in [1.29, 1.82) is 5.26 Å². The maximum atomic E-state index is 14.1. The third kappa shape index (κ3) is 8.51. The van der Waals surface area contributed by atoms with Crippen LogP contribution in [0.5, 0.6) is 0 Å². The molecule has 1 aromatic rings. The van der Waals surface area contributed by atoms with E-state index in [0.29, 0.717) is 30.6 Å². The Labute approximate surface area is 193 Å². The summed E-state index contributed by atoms with van der Waals surface area (Å²) < 4.78 is 14.1. The van der Waals surface area contributed by atoms with E-state index in [2.05, 4.69) is 38.7 Å². The number of nitriles is 1. The van der Waals surface area contributed by atoms with E-state index in [1.807, 2.05) is 51.2 Å². The number of aliphatic imine (C=N–C) groups is 1. The largest absolute Gasteiger partial charge is 0.366 e. The van der Waals surface area contributed by atoms with Crippen LogP contribution in [-0.2, 0) is 6.42 Å². The standard InChI is InChI=1S/C28H36FN3/c1-8-12-27(28(5,6)7)32-20-31-26(10-3)22(9-2)17-15-21(4)16-18-24-23(19-30)13-11-14-25(24)29/h8-15,17,31H,2,16,18,20H2,1,3-7H3/b12-8-,21-15-,22-17+,26-10-,32-27?. The summed E-state index contributed by atoms with van der Waals surface area (Å²) in [5, 5.41) is 12.6. The summed E-state index contributed by atoms with van der Waals surface area (Å²) in [5.74, 6) is -0.326. The molecule has 0 saturated carbocycles. The fourth-order valence-electron chi connectivity index (χ4n) is 3.10. The van der Waals surface area contributed by atoms with E-state index in [9.17, 15) is 9.65 Å². The molecule has 0 aliphatic rings. The van der Waals surface area contributed by atoms with Gasteiger partial charge in [-0.25, -0.2) is 4.39 Å². The quantitative estimate of drug-likeness (QED) is 0.313. The summed E-state index contributed by atoms with van der Waals surface area (Å²) >= 11 is 0. The van der Waals surface area contributed by atoms with Crippen molar-refractivity contribution >= 4 is 5.71 Å². The molecule has 0 aliphatic heterocycles. The first-order chi connectivity index (χ1) is 15.2. The van der Waals surface area contributed by atoms with Gasteiger partial charge in [0.25, 0.3) is 0 Å². The smallest absolute Gasteiger partial charge is 0.127 e. The third-order valence-corrected chi connectivity index (χ3v) is 4.99. The van der Waals surface area contributed by atoms with Crippen LogP contribution in [0.1, 0.15) is 59.1 Å². The second kappa shape index (κ2) is 13.3. The number of halogens is 1. The highest BCUT2D eigenvalue weighted by Gasteiger charge is 2.15. The summed E-state index contributed by atoms with van der Waals surface area (Å²) in [7, 11) is 0. The summed E-state index contributed by atoms with van der Waals surface area (Å²) in [6.07, 6.45) is 13.0. The van der Waals surface area contributed by atoms with Crippen LogP contribution in [0.15, 0.2) is 83.1 Å². The van der Waals surface area contributed by atoms with Crippen LogP contribution >= 0.6 is 0 Å². The summed E-state index contributed by atoms with van der Waals surface area (Å²) in [4.78, 5) is 4.71. The Bertz CT molecular complexity index is 977. The van der Waals surface area contributed by atoms with E-state index >= 15 is 0 Å². The Balaban J connectivity index is 2.90. The lowest BCUT2D eigenvalue weighted by molar-refractivity contribution is 0.589. The molecule has 0 bridgehead atoms. The summed E-state index contributed by atoms with van der Waals surface area (Å²) in [6.45, 7) is 16.8. The van der Waals surface area contributed by atoms with E-state index in [-0.39, 0.29) is 11.2 Å². The van der Waals surface area contributed by atoms with Crippen LogP contribution in [0.4, 0.5) is 4.39 Å². The number of rotatable bonds is 10. The number of allylic oxidation sites excluding steroid dienone is 7. The average Bonchev–Trinajstić information content (AvgIpc) is 2.75.